The zero-order chi connectivity index (χ0) is 22.3. The van der Waals surface area contributed by atoms with E-state index in [-0.39, 0.29) is 11.7 Å². The van der Waals surface area contributed by atoms with E-state index >= 15 is 0 Å². The zero-order valence-electron chi connectivity index (χ0n) is 17.0. The summed E-state index contributed by atoms with van der Waals surface area (Å²) >= 11 is 0. The topological polar surface area (TPSA) is 75.3 Å². The van der Waals surface area contributed by atoms with Crippen molar-refractivity contribution in [1.29, 1.82) is 0 Å². The summed E-state index contributed by atoms with van der Waals surface area (Å²) in [6.07, 6.45) is -4.55. The van der Waals surface area contributed by atoms with Crippen LogP contribution in [0.25, 0.3) is 22.2 Å². The maximum atomic E-state index is 13.7. The fourth-order valence-corrected chi connectivity index (χ4v) is 4.14. The molecule has 2 N–H and O–H groups in total. The first-order chi connectivity index (χ1) is 15.3. The maximum absolute atomic E-state index is 13.7. The fourth-order valence-electron chi connectivity index (χ4n) is 4.14. The van der Waals surface area contributed by atoms with Gasteiger partial charge in [0.15, 0.2) is 0 Å². The van der Waals surface area contributed by atoms with Gasteiger partial charge < -0.3 is 15.0 Å². The molecule has 2 aliphatic heterocycles. The van der Waals surface area contributed by atoms with Crippen LogP contribution < -0.4 is 10.2 Å². The van der Waals surface area contributed by atoms with E-state index in [1.807, 2.05) is 0 Å². The molecule has 2 saturated heterocycles. The van der Waals surface area contributed by atoms with Crippen LogP contribution in [-0.4, -0.2) is 59.7 Å². The molecule has 0 saturated carbocycles. The van der Waals surface area contributed by atoms with Crippen LogP contribution in [0.15, 0.2) is 36.5 Å². The predicted molar refractivity (Wildman–Crippen MR) is 110 cm³/mol. The van der Waals surface area contributed by atoms with Crippen LogP contribution >= 0.6 is 0 Å². The molecule has 0 spiro atoms. The molecule has 5 rings (SSSR count). The van der Waals surface area contributed by atoms with E-state index in [1.165, 1.54) is 6.07 Å². The minimum atomic E-state index is -3.96. The third-order valence-electron chi connectivity index (χ3n) is 5.57. The third-order valence-corrected chi connectivity index (χ3v) is 5.57. The summed E-state index contributed by atoms with van der Waals surface area (Å²) in [6.45, 7) is -0.595. The number of ether oxygens (including phenoxy) is 2. The van der Waals surface area contributed by atoms with Crippen LogP contribution in [0.3, 0.4) is 0 Å². The molecular formula is C21H21F4N5O2. The quantitative estimate of drug-likeness (QED) is 0.578. The summed E-state index contributed by atoms with van der Waals surface area (Å²) in [6, 6.07) is 8.44. The largest absolute Gasteiger partial charge is 0.381 e. The lowest BCUT2D eigenvalue weighted by Crippen LogP contribution is -2.55. The molecule has 1 aromatic carbocycles. The van der Waals surface area contributed by atoms with Crippen molar-refractivity contribution in [2.24, 2.45) is 0 Å². The average Bonchev–Trinajstić information content (AvgIpc) is 3.18. The molecule has 170 valence electrons. The highest BCUT2D eigenvalue weighted by molar-refractivity contribution is 6.00. The van der Waals surface area contributed by atoms with Crippen molar-refractivity contribution >= 4 is 22.4 Å². The van der Waals surface area contributed by atoms with E-state index < -0.39 is 25.3 Å². The molecule has 4 heterocycles. The minimum Gasteiger partial charge on any atom is -0.381 e. The predicted octanol–water partition coefficient (Wildman–Crippen LogP) is 4.24. The number of hydrogen-bond acceptors (Lipinski definition) is 6. The van der Waals surface area contributed by atoms with Crippen LogP contribution in [0.4, 0.5) is 29.1 Å². The van der Waals surface area contributed by atoms with Crippen molar-refractivity contribution in [1.82, 2.24) is 15.2 Å². The normalized spacial score (nSPS) is 21.1. The lowest BCUT2D eigenvalue weighted by Gasteiger charge is -2.38. The minimum absolute atomic E-state index is 0.203. The number of fused-ring (bicyclic) bond motifs is 1. The number of hydrogen-bond donors (Lipinski definition) is 2. The number of aromatic amines is 1. The summed E-state index contributed by atoms with van der Waals surface area (Å²) in [5.74, 6) is 0.646. The van der Waals surface area contributed by atoms with Crippen molar-refractivity contribution in [3.8, 4) is 11.3 Å². The molecule has 0 unspecified atom stereocenters. The number of morpholine rings is 1. The molecule has 0 aliphatic carbocycles. The van der Waals surface area contributed by atoms with Crippen molar-refractivity contribution in [2.45, 2.75) is 31.1 Å². The van der Waals surface area contributed by atoms with E-state index in [2.05, 4.69) is 25.2 Å². The molecule has 0 atom stereocenters. The molecule has 3 aromatic rings. The standard InChI is InChI=1S/C21H21F4N5O2/c22-20(23)11-30(12-21(24,25)32-20)15-3-1-2-13(10-15)18-17-16(28-29-18)4-7-26-19(17)27-14-5-8-31-9-6-14/h1-4,7,10,14H,5-6,8-9,11-12H2,(H,26,27)(H,28,29). The molecule has 7 nitrogen and oxygen atoms in total. The van der Waals surface area contributed by atoms with Crippen molar-refractivity contribution in [2.75, 3.05) is 36.5 Å². The third kappa shape index (κ3) is 4.22. The van der Waals surface area contributed by atoms with Gasteiger partial charge in [-0.15, -0.1) is 0 Å². The van der Waals surface area contributed by atoms with Gasteiger partial charge in [-0.25, -0.2) is 4.98 Å². The van der Waals surface area contributed by atoms with Gasteiger partial charge in [0.05, 0.1) is 10.9 Å². The van der Waals surface area contributed by atoms with Gasteiger partial charge in [0.25, 0.3) is 0 Å². The average molecular weight is 451 g/mol. The number of nitrogens with zero attached hydrogens (tertiary/aromatic N) is 3. The Labute approximate surface area is 180 Å². The van der Waals surface area contributed by atoms with Crippen molar-refractivity contribution in [3.63, 3.8) is 0 Å². The van der Waals surface area contributed by atoms with Crippen LogP contribution in [0.2, 0.25) is 0 Å². The number of anilines is 2. The summed E-state index contributed by atoms with van der Waals surface area (Å²) in [7, 11) is 0. The van der Waals surface area contributed by atoms with Crippen LogP contribution in [0.1, 0.15) is 12.8 Å². The summed E-state index contributed by atoms with van der Waals surface area (Å²) in [5.41, 5.74) is 2.12. The number of nitrogens with one attached hydrogen (secondary N) is 2. The highest BCUT2D eigenvalue weighted by atomic mass is 19.3. The Kier molecular flexibility index (Phi) is 5.17. The van der Waals surface area contributed by atoms with Crippen LogP contribution in [0.5, 0.6) is 0 Å². The molecule has 2 aromatic heterocycles. The van der Waals surface area contributed by atoms with E-state index in [9.17, 15) is 17.6 Å². The molecule has 2 fully saturated rings. The van der Waals surface area contributed by atoms with Gasteiger partial charge in [-0.3, -0.25) is 9.84 Å². The van der Waals surface area contributed by atoms with Crippen LogP contribution in [0, 0.1) is 0 Å². The summed E-state index contributed by atoms with van der Waals surface area (Å²) in [4.78, 5) is 5.39. The molecule has 0 radical (unpaired) electrons. The molecule has 32 heavy (non-hydrogen) atoms. The van der Waals surface area contributed by atoms with Crippen LogP contribution in [-0.2, 0) is 9.47 Å². The van der Waals surface area contributed by atoms with Gasteiger partial charge >= 0.3 is 12.2 Å². The first-order valence-corrected chi connectivity index (χ1v) is 10.3. The van der Waals surface area contributed by atoms with Gasteiger partial charge in [-0.2, -0.15) is 22.7 Å². The summed E-state index contributed by atoms with van der Waals surface area (Å²) in [5, 5.41) is 11.5. The number of pyridine rings is 1. The first kappa shape index (κ1) is 21.0. The Morgan fingerprint density at radius 3 is 2.56 bits per heavy atom. The Morgan fingerprint density at radius 2 is 1.81 bits per heavy atom. The Balaban J connectivity index is 1.50. The van der Waals surface area contributed by atoms with Gasteiger partial charge in [0.2, 0.25) is 0 Å². The van der Waals surface area contributed by atoms with E-state index in [1.54, 1.807) is 30.5 Å². The Bertz CT molecular complexity index is 1100. The molecule has 2 aliphatic rings. The Morgan fingerprint density at radius 1 is 1.06 bits per heavy atom. The fraction of sp³-hybridized carbons (Fsp3) is 0.429. The summed E-state index contributed by atoms with van der Waals surface area (Å²) < 4.78 is 63.8. The smallest absolute Gasteiger partial charge is 0.377 e. The highest BCUT2D eigenvalue weighted by Gasteiger charge is 2.51. The highest BCUT2D eigenvalue weighted by Crippen LogP contribution is 2.38. The monoisotopic (exact) mass is 451 g/mol. The van der Waals surface area contributed by atoms with Gasteiger partial charge in [0, 0.05) is 36.7 Å². The second-order valence-corrected chi connectivity index (χ2v) is 7.97. The number of H-pyrrole nitrogens is 1. The van der Waals surface area contributed by atoms with Crippen molar-refractivity contribution in [3.05, 3.63) is 36.5 Å². The second kappa shape index (κ2) is 7.89. The van der Waals surface area contributed by atoms with Gasteiger partial charge in [-0.1, -0.05) is 12.1 Å². The van der Waals surface area contributed by atoms with Gasteiger partial charge in [0.1, 0.15) is 24.6 Å². The zero-order valence-corrected chi connectivity index (χ0v) is 17.0. The molecule has 0 bridgehead atoms. The lowest BCUT2D eigenvalue weighted by molar-refractivity contribution is -0.380. The molecule has 0 amide bonds. The molecular weight excluding hydrogens is 430 g/mol. The van der Waals surface area contributed by atoms with Crippen molar-refractivity contribution < 1.29 is 27.0 Å². The van der Waals surface area contributed by atoms with E-state index in [4.69, 9.17) is 4.74 Å². The Hall–Kier alpha value is -2.92. The number of alkyl halides is 4. The van der Waals surface area contributed by atoms with E-state index in [0.717, 1.165) is 28.6 Å². The number of benzene rings is 1. The van der Waals surface area contributed by atoms with Gasteiger partial charge in [-0.05, 0) is 31.0 Å². The number of aromatic nitrogens is 3. The second-order valence-electron chi connectivity index (χ2n) is 7.97. The number of halogens is 4. The van der Waals surface area contributed by atoms with E-state index in [0.29, 0.717) is 30.3 Å². The SMILES string of the molecule is FC1(F)CN(c2cccc(-c3n[nH]c4ccnc(NC5CCOCC5)c34)c2)CC(F)(F)O1. The first-order valence-electron chi connectivity index (χ1n) is 10.3. The number of rotatable bonds is 4. The molecule has 11 heteroatoms. The maximum Gasteiger partial charge on any atom is 0.377 e. The lowest BCUT2D eigenvalue weighted by atomic mass is 10.1.